The van der Waals surface area contributed by atoms with Crippen LogP contribution in [0.4, 0.5) is 0 Å². The number of fused-ring (bicyclic) bond motifs is 1. The monoisotopic (exact) mass is 437 g/mol. The maximum absolute atomic E-state index is 13.7. The SMILES string of the molecule is CCOc1cccc([C@@H]2c3c(-c4ccc(C)cc4)nn(C)c3C(=O)N2Cc2ccccc2)c1. The van der Waals surface area contributed by atoms with Crippen molar-refractivity contribution in [2.75, 3.05) is 6.61 Å². The largest absolute Gasteiger partial charge is 0.494 e. The Labute approximate surface area is 194 Å². The van der Waals surface area contributed by atoms with Gasteiger partial charge in [-0.05, 0) is 37.1 Å². The molecule has 0 aliphatic carbocycles. The molecule has 4 aromatic rings. The van der Waals surface area contributed by atoms with Crippen molar-refractivity contribution in [2.45, 2.75) is 26.4 Å². The molecule has 1 aliphatic heterocycles. The van der Waals surface area contributed by atoms with Crippen LogP contribution in [-0.2, 0) is 13.6 Å². The number of carbonyl (C=O) groups is 1. The molecule has 0 saturated carbocycles. The molecule has 1 atom stereocenters. The number of aromatic nitrogens is 2. The Bertz CT molecular complexity index is 1290. The number of benzene rings is 3. The standard InChI is InChI=1S/C28H27N3O2/c1-4-33-23-12-8-11-22(17-23)26-24-25(21-15-13-19(2)14-16-21)29-30(3)27(24)28(32)31(26)18-20-9-6-5-7-10-20/h5-17,26H,4,18H2,1-3H3/t26-/m1/s1. The molecule has 5 nitrogen and oxygen atoms in total. The predicted octanol–water partition coefficient (Wildman–Crippen LogP) is 5.54. The lowest BCUT2D eigenvalue weighted by atomic mass is 9.95. The Kier molecular flexibility index (Phi) is 5.47. The molecule has 3 aromatic carbocycles. The lowest BCUT2D eigenvalue weighted by Gasteiger charge is -2.27. The van der Waals surface area contributed by atoms with Crippen molar-refractivity contribution in [3.8, 4) is 17.0 Å². The molecule has 0 fully saturated rings. The highest BCUT2D eigenvalue weighted by atomic mass is 16.5. The van der Waals surface area contributed by atoms with E-state index < -0.39 is 0 Å². The van der Waals surface area contributed by atoms with Crippen molar-refractivity contribution in [1.82, 2.24) is 14.7 Å². The van der Waals surface area contributed by atoms with Gasteiger partial charge in [-0.15, -0.1) is 0 Å². The van der Waals surface area contributed by atoms with Crippen molar-refractivity contribution in [1.29, 1.82) is 0 Å². The summed E-state index contributed by atoms with van der Waals surface area (Å²) in [7, 11) is 1.86. The Hall–Kier alpha value is -3.86. The molecule has 166 valence electrons. The van der Waals surface area contributed by atoms with Gasteiger partial charge in [0.25, 0.3) is 5.91 Å². The maximum atomic E-state index is 13.7. The fourth-order valence-corrected chi connectivity index (χ4v) is 4.62. The lowest BCUT2D eigenvalue weighted by molar-refractivity contribution is 0.0725. The summed E-state index contributed by atoms with van der Waals surface area (Å²) in [6.45, 7) is 5.15. The normalized spacial score (nSPS) is 15.1. The Morgan fingerprint density at radius 2 is 1.73 bits per heavy atom. The van der Waals surface area contributed by atoms with Gasteiger partial charge in [-0.3, -0.25) is 9.48 Å². The first-order chi connectivity index (χ1) is 16.1. The molecule has 0 saturated heterocycles. The molecule has 1 amide bonds. The van der Waals surface area contributed by atoms with E-state index in [-0.39, 0.29) is 11.9 Å². The molecular formula is C28H27N3O2. The second-order valence-corrected chi connectivity index (χ2v) is 8.43. The maximum Gasteiger partial charge on any atom is 0.273 e. The van der Waals surface area contributed by atoms with E-state index in [1.165, 1.54) is 5.56 Å². The minimum atomic E-state index is -0.252. The summed E-state index contributed by atoms with van der Waals surface area (Å²) in [4.78, 5) is 15.7. The van der Waals surface area contributed by atoms with Gasteiger partial charge in [0, 0.05) is 24.7 Å². The van der Waals surface area contributed by atoms with Gasteiger partial charge in [0.15, 0.2) is 0 Å². The Morgan fingerprint density at radius 1 is 0.970 bits per heavy atom. The lowest BCUT2D eigenvalue weighted by Crippen LogP contribution is -2.29. The summed E-state index contributed by atoms with van der Waals surface area (Å²) in [6, 6.07) is 26.3. The average molecular weight is 438 g/mol. The van der Waals surface area contributed by atoms with Gasteiger partial charge in [0.1, 0.15) is 11.4 Å². The van der Waals surface area contributed by atoms with E-state index in [1.807, 2.05) is 55.3 Å². The smallest absolute Gasteiger partial charge is 0.273 e. The van der Waals surface area contributed by atoms with Crippen LogP contribution in [0.1, 0.15) is 45.7 Å². The van der Waals surface area contributed by atoms with Crippen molar-refractivity contribution < 1.29 is 9.53 Å². The van der Waals surface area contributed by atoms with E-state index >= 15 is 0 Å². The zero-order chi connectivity index (χ0) is 22.9. The molecule has 0 unspecified atom stereocenters. The molecule has 1 aromatic heterocycles. The molecular weight excluding hydrogens is 410 g/mol. The molecule has 5 heteroatoms. The molecule has 33 heavy (non-hydrogen) atoms. The second kappa shape index (κ2) is 8.58. The number of carbonyl (C=O) groups excluding carboxylic acids is 1. The van der Waals surface area contributed by atoms with Crippen LogP contribution in [0.5, 0.6) is 5.75 Å². The molecule has 1 aliphatic rings. The zero-order valence-corrected chi connectivity index (χ0v) is 19.2. The first-order valence-corrected chi connectivity index (χ1v) is 11.3. The Balaban J connectivity index is 1.68. The van der Waals surface area contributed by atoms with Gasteiger partial charge in [-0.1, -0.05) is 72.3 Å². The van der Waals surface area contributed by atoms with Crippen LogP contribution in [0, 0.1) is 6.92 Å². The number of aryl methyl sites for hydroxylation is 2. The van der Waals surface area contributed by atoms with Crippen LogP contribution in [0.3, 0.4) is 0 Å². The van der Waals surface area contributed by atoms with E-state index in [1.54, 1.807) is 4.68 Å². The third-order valence-electron chi connectivity index (χ3n) is 6.14. The molecule has 0 N–H and O–H groups in total. The first-order valence-electron chi connectivity index (χ1n) is 11.3. The quantitative estimate of drug-likeness (QED) is 0.398. The van der Waals surface area contributed by atoms with Gasteiger partial charge in [-0.25, -0.2) is 0 Å². The number of nitrogens with zero attached hydrogens (tertiary/aromatic N) is 3. The van der Waals surface area contributed by atoms with Crippen molar-refractivity contribution in [3.63, 3.8) is 0 Å². The van der Waals surface area contributed by atoms with Crippen LogP contribution >= 0.6 is 0 Å². The van der Waals surface area contributed by atoms with Crippen molar-refractivity contribution >= 4 is 5.91 Å². The summed E-state index contributed by atoms with van der Waals surface area (Å²) >= 11 is 0. The average Bonchev–Trinajstić information content (AvgIpc) is 3.30. The highest BCUT2D eigenvalue weighted by Crippen LogP contribution is 2.44. The molecule has 2 heterocycles. The van der Waals surface area contributed by atoms with Crippen molar-refractivity contribution in [3.05, 3.63) is 107 Å². The van der Waals surface area contributed by atoms with Crippen LogP contribution in [0.2, 0.25) is 0 Å². The van der Waals surface area contributed by atoms with Gasteiger partial charge in [0.05, 0.1) is 18.3 Å². The van der Waals surface area contributed by atoms with Gasteiger partial charge >= 0.3 is 0 Å². The molecule has 5 rings (SSSR count). The van der Waals surface area contributed by atoms with Crippen molar-refractivity contribution in [2.24, 2.45) is 7.05 Å². The van der Waals surface area contributed by atoms with E-state index in [0.717, 1.165) is 33.7 Å². The van der Waals surface area contributed by atoms with E-state index in [4.69, 9.17) is 9.84 Å². The second-order valence-electron chi connectivity index (χ2n) is 8.43. The number of hydrogen-bond acceptors (Lipinski definition) is 3. The zero-order valence-electron chi connectivity index (χ0n) is 19.2. The van der Waals surface area contributed by atoms with E-state index in [2.05, 4.69) is 49.4 Å². The van der Waals surface area contributed by atoms with E-state index in [0.29, 0.717) is 18.8 Å². The van der Waals surface area contributed by atoms with E-state index in [9.17, 15) is 4.79 Å². The fraction of sp³-hybridized carbons (Fsp3) is 0.214. The van der Waals surface area contributed by atoms with Crippen LogP contribution in [0.15, 0.2) is 78.9 Å². The summed E-state index contributed by atoms with van der Waals surface area (Å²) < 4.78 is 7.52. The Morgan fingerprint density at radius 3 is 2.45 bits per heavy atom. The summed E-state index contributed by atoms with van der Waals surface area (Å²) in [5.41, 5.74) is 6.76. The minimum absolute atomic E-state index is 0.00553. The molecule has 0 spiro atoms. The van der Waals surface area contributed by atoms with Crippen LogP contribution in [-0.4, -0.2) is 27.2 Å². The number of ether oxygens (including phenoxy) is 1. The molecule has 0 bridgehead atoms. The summed E-state index contributed by atoms with van der Waals surface area (Å²) in [6.07, 6.45) is 0. The number of rotatable bonds is 6. The third kappa shape index (κ3) is 3.80. The summed E-state index contributed by atoms with van der Waals surface area (Å²) in [5, 5.41) is 4.80. The predicted molar refractivity (Wildman–Crippen MR) is 129 cm³/mol. The van der Waals surface area contributed by atoms with Crippen LogP contribution < -0.4 is 4.74 Å². The first kappa shape index (κ1) is 21.0. The highest BCUT2D eigenvalue weighted by Gasteiger charge is 2.43. The summed E-state index contributed by atoms with van der Waals surface area (Å²) in [5.74, 6) is 0.797. The topological polar surface area (TPSA) is 47.4 Å². The third-order valence-corrected chi connectivity index (χ3v) is 6.14. The number of amides is 1. The number of hydrogen-bond donors (Lipinski definition) is 0. The van der Waals surface area contributed by atoms with Gasteiger partial charge < -0.3 is 9.64 Å². The highest BCUT2D eigenvalue weighted by molar-refractivity contribution is 6.00. The van der Waals surface area contributed by atoms with Gasteiger partial charge in [-0.2, -0.15) is 5.10 Å². The van der Waals surface area contributed by atoms with Crippen LogP contribution in [0.25, 0.3) is 11.3 Å². The van der Waals surface area contributed by atoms with Gasteiger partial charge in [0.2, 0.25) is 0 Å². The minimum Gasteiger partial charge on any atom is -0.494 e. The fourth-order valence-electron chi connectivity index (χ4n) is 4.62. The molecule has 0 radical (unpaired) electrons.